The Hall–Kier alpha value is -3.32. The van der Waals surface area contributed by atoms with Gasteiger partial charge in [0.2, 0.25) is 5.89 Å². The smallest absolute Gasteiger partial charge is 0.255 e. The molecule has 4 rings (SSSR count). The van der Waals surface area contributed by atoms with Crippen molar-refractivity contribution in [2.24, 2.45) is 0 Å². The number of hydrogen-bond donors (Lipinski definition) is 2. The highest BCUT2D eigenvalue weighted by molar-refractivity contribution is 9.10. The summed E-state index contributed by atoms with van der Waals surface area (Å²) in [6, 6.07) is 17.3. The van der Waals surface area contributed by atoms with Gasteiger partial charge in [-0.2, -0.15) is 0 Å². The van der Waals surface area contributed by atoms with Crippen molar-refractivity contribution in [3.8, 4) is 23.0 Å². The van der Waals surface area contributed by atoms with Crippen LogP contribution in [0.15, 0.2) is 69.6 Å². The fraction of sp³-hybridized carbons (Fsp3) is 0.0909. The summed E-state index contributed by atoms with van der Waals surface area (Å²) in [4.78, 5) is 17.1. The topological polar surface area (TPSA) is 84.6 Å². The van der Waals surface area contributed by atoms with Gasteiger partial charge in [0.25, 0.3) is 5.91 Å². The van der Waals surface area contributed by atoms with Crippen LogP contribution in [-0.4, -0.2) is 22.6 Å². The molecule has 3 aromatic carbocycles. The van der Waals surface area contributed by atoms with Crippen LogP contribution in [0.25, 0.3) is 22.6 Å². The maximum atomic E-state index is 12.6. The zero-order valence-corrected chi connectivity index (χ0v) is 17.1. The van der Waals surface area contributed by atoms with E-state index in [-0.39, 0.29) is 11.7 Å². The summed E-state index contributed by atoms with van der Waals surface area (Å²) in [5.74, 6) is 0.978. The number of halogens is 1. The highest BCUT2D eigenvalue weighted by atomic mass is 79.9. The maximum Gasteiger partial charge on any atom is 0.255 e. The van der Waals surface area contributed by atoms with E-state index >= 15 is 0 Å². The van der Waals surface area contributed by atoms with Crippen molar-refractivity contribution < 1.29 is 19.1 Å². The van der Waals surface area contributed by atoms with Gasteiger partial charge in [-0.05, 0) is 77.5 Å². The average molecular weight is 453 g/mol. The van der Waals surface area contributed by atoms with Crippen molar-refractivity contribution in [1.29, 1.82) is 0 Å². The van der Waals surface area contributed by atoms with Crippen LogP contribution in [0.5, 0.6) is 11.5 Å². The average Bonchev–Trinajstić information content (AvgIpc) is 3.14. The Morgan fingerprint density at radius 1 is 1.17 bits per heavy atom. The van der Waals surface area contributed by atoms with E-state index in [9.17, 15) is 9.90 Å². The molecule has 0 atom stereocenters. The number of fused-ring (bicyclic) bond motifs is 1. The Morgan fingerprint density at radius 3 is 2.83 bits per heavy atom. The van der Waals surface area contributed by atoms with Crippen molar-refractivity contribution >= 4 is 38.6 Å². The first-order valence-electron chi connectivity index (χ1n) is 8.97. The molecule has 0 radical (unpaired) electrons. The summed E-state index contributed by atoms with van der Waals surface area (Å²) >= 11 is 3.29. The lowest BCUT2D eigenvalue weighted by Gasteiger charge is -2.07. The fourth-order valence-electron chi connectivity index (χ4n) is 2.87. The lowest BCUT2D eigenvalue weighted by Crippen LogP contribution is -2.11. The van der Waals surface area contributed by atoms with Crippen molar-refractivity contribution in [3.05, 3.63) is 70.7 Å². The SMILES string of the molecule is CCOc1cccc(C(=O)Nc2ccc3oc(-c4ccc(O)c(Br)c4)nc3c2)c1. The van der Waals surface area contributed by atoms with Gasteiger partial charge in [-0.3, -0.25) is 4.79 Å². The molecule has 0 unspecified atom stereocenters. The zero-order valence-electron chi connectivity index (χ0n) is 15.5. The fourth-order valence-corrected chi connectivity index (χ4v) is 3.24. The lowest BCUT2D eigenvalue weighted by molar-refractivity contribution is 0.102. The molecule has 0 fully saturated rings. The first kappa shape index (κ1) is 19.0. The van der Waals surface area contributed by atoms with Gasteiger partial charge in [0, 0.05) is 16.8 Å². The van der Waals surface area contributed by atoms with E-state index < -0.39 is 0 Å². The van der Waals surface area contributed by atoms with Gasteiger partial charge >= 0.3 is 0 Å². The standard InChI is InChI=1S/C22H17BrN2O4/c1-2-28-16-5-3-4-13(10-16)21(27)24-15-7-9-20-18(12-15)25-22(29-20)14-6-8-19(26)17(23)11-14/h3-12,26H,2H2,1H3,(H,24,27). The molecule has 2 N–H and O–H groups in total. The molecule has 146 valence electrons. The van der Waals surface area contributed by atoms with Crippen LogP contribution in [0.2, 0.25) is 0 Å². The Bertz CT molecular complexity index is 1200. The molecule has 0 saturated carbocycles. The third kappa shape index (κ3) is 4.09. The van der Waals surface area contributed by atoms with Crippen LogP contribution in [0, 0.1) is 0 Å². The minimum absolute atomic E-state index is 0.142. The van der Waals surface area contributed by atoms with Gasteiger partial charge in [0.05, 0.1) is 11.1 Å². The van der Waals surface area contributed by atoms with Crippen molar-refractivity contribution in [2.75, 3.05) is 11.9 Å². The van der Waals surface area contributed by atoms with E-state index in [0.717, 1.165) is 5.56 Å². The third-order valence-electron chi connectivity index (χ3n) is 4.25. The number of oxazole rings is 1. The second-order valence-corrected chi connectivity index (χ2v) is 7.14. The highest BCUT2D eigenvalue weighted by Gasteiger charge is 2.12. The summed E-state index contributed by atoms with van der Waals surface area (Å²) in [7, 11) is 0. The molecule has 0 saturated heterocycles. The van der Waals surface area contributed by atoms with Gasteiger partial charge in [-0.1, -0.05) is 6.07 Å². The number of phenols is 1. The first-order valence-corrected chi connectivity index (χ1v) is 9.76. The monoisotopic (exact) mass is 452 g/mol. The van der Waals surface area contributed by atoms with Crippen LogP contribution in [-0.2, 0) is 0 Å². The lowest BCUT2D eigenvalue weighted by atomic mass is 10.2. The van der Waals surface area contributed by atoms with Gasteiger partial charge in [0.15, 0.2) is 5.58 Å². The molecule has 1 aromatic heterocycles. The highest BCUT2D eigenvalue weighted by Crippen LogP contribution is 2.31. The van der Waals surface area contributed by atoms with E-state index in [1.165, 1.54) is 0 Å². The van der Waals surface area contributed by atoms with Crippen LogP contribution >= 0.6 is 15.9 Å². The molecule has 0 spiro atoms. The number of phenolic OH excluding ortho intramolecular Hbond substituents is 1. The Labute approximate surface area is 175 Å². The molecule has 29 heavy (non-hydrogen) atoms. The summed E-state index contributed by atoms with van der Waals surface area (Å²) < 4.78 is 11.8. The molecule has 0 aliphatic carbocycles. The summed E-state index contributed by atoms with van der Waals surface area (Å²) in [6.45, 7) is 2.43. The molecule has 0 aliphatic heterocycles. The summed E-state index contributed by atoms with van der Waals surface area (Å²) in [6.07, 6.45) is 0. The molecular weight excluding hydrogens is 436 g/mol. The number of benzene rings is 3. The van der Waals surface area contributed by atoms with Crippen LogP contribution in [0.4, 0.5) is 5.69 Å². The van der Waals surface area contributed by atoms with Crippen LogP contribution in [0.1, 0.15) is 17.3 Å². The van der Waals surface area contributed by atoms with E-state index in [2.05, 4.69) is 26.2 Å². The summed E-state index contributed by atoms with van der Waals surface area (Å²) in [5.41, 5.74) is 3.05. The van der Waals surface area contributed by atoms with Crippen molar-refractivity contribution in [3.63, 3.8) is 0 Å². The number of carbonyl (C=O) groups is 1. The molecule has 4 aromatic rings. The minimum Gasteiger partial charge on any atom is -0.507 e. The number of aromatic hydroxyl groups is 1. The number of rotatable bonds is 5. The second kappa shape index (κ2) is 7.97. The predicted molar refractivity (Wildman–Crippen MR) is 114 cm³/mol. The molecular formula is C22H17BrN2O4. The number of amides is 1. The number of aromatic nitrogens is 1. The Balaban J connectivity index is 1.58. The molecule has 0 bridgehead atoms. The van der Waals surface area contributed by atoms with E-state index in [4.69, 9.17) is 9.15 Å². The maximum absolute atomic E-state index is 12.6. The predicted octanol–water partition coefficient (Wildman–Crippen LogP) is 5.61. The quantitative estimate of drug-likeness (QED) is 0.410. The number of hydrogen-bond acceptors (Lipinski definition) is 5. The normalized spacial score (nSPS) is 10.8. The number of nitrogens with zero attached hydrogens (tertiary/aromatic N) is 1. The first-order chi connectivity index (χ1) is 14.0. The van der Waals surface area contributed by atoms with E-state index in [1.54, 1.807) is 54.6 Å². The number of anilines is 1. The molecule has 0 aliphatic rings. The largest absolute Gasteiger partial charge is 0.507 e. The van der Waals surface area contributed by atoms with E-state index in [1.807, 2.05) is 13.0 Å². The zero-order chi connectivity index (χ0) is 20.4. The number of nitrogens with one attached hydrogen (secondary N) is 1. The van der Waals surface area contributed by atoms with Crippen molar-refractivity contribution in [1.82, 2.24) is 4.98 Å². The van der Waals surface area contributed by atoms with Gasteiger partial charge < -0.3 is 19.6 Å². The molecule has 1 heterocycles. The third-order valence-corrected chi connectivity index (χ3v) is 4.88. The molecule has 6 nitrogen and oxygen atoms in total. The van der Waals surface area contributed by atoms with Gasteiger partial charge in [-0.15, -0.1) is 0 Å². The minimum atomic E-state index is -0.239. The Kier molecular flexibility index (Phi) is 5.22. The second-order valence-electron chi connectivity index (χ2n) is 6.28. The number of ether oxygens (including phenoxy) is 1. The Morgan fingerprint density at radius 2 is 2.03 bits per heavy atom. The van der Waals surface area contributed by atoms with E-state index in [0.29, 0.717) is 45.1 Å². The summed E-state index contributed by atoms with van der Waals surface area (Å²) in [5, 5.41) is 12.5. The number of carbonyl (C=O) groups excluding carboxylic acids is 1. The van der Waals surface area contributed by atoms with Gasteiger partial charge in [-0.25, -0.2) is 4.98 Å². The molecule has 7 heteroatoms. The van der Waals surface area contributed by atoms with Crippen LogP contribution in [0.3, 0.4) is 0 Å². The van der Waals surface area contributed by atoms with Gasteiger partial charge in [0.1, 0.15) is 17.0 Å². The molecule has 1 amide bonds. The van der Waals surface area contributed by atoms with Crippen molar-refractivity contribution in [2.45, 2.75) is 6.92 Å². The van der Waals surface area contributed by atoms with Crippen LogP contribution < -0.4 is 10.1 Å².